The van der Waals surface area contributed by atoms with Crippen LogP contribution in [-0.2, 0) is 19.6 Å². The smallest absolute Gasteiger partial charge is 0.247 e. The average molecular weight is 465 g/mol. The van der Waals surface area contributed by atoms with Crippen LogP contribution in [0.25, 0.3) is 0 Å². The van der Waals surface area contributed by atoms with Gasteiger partial charge < -0.3 is 19.1 Å². The lowest BCUT2D eigenvalue weighted by Crippen LogP contribution is -2.62. The first-order chi connectivity index (χ1) is 15.2. The summed E-state index contributed by atoms with van der Waals surface area (Å²) in [5, 5.41) is 0. The van der Waals surface area contributed by atoms with Gasteiger partial charge >= 0.3 is 0 Å². The zero-order valence-corrected chi connectivity index (χ0v) is 19.6. The molecule has 2 aromatic rings. The predicted octanol–water partition coefficient (Wildman–Crippen LogP) is 2.32. The van der Waals surface area contributed by atoms with Gasteiger partial charge in [0.15, 0.2) is 0 Å². The molecule has 8 nitrogen and oxygen atoms in total. The van der Waals surface area contributed by atoms with Gasteiger partial charge in [0.05, 0.1) is 26.1 Å². The number of amides is 1. The highest BCUT2D eigenvalue weighted by Crippen LogP contribution is 2.20. The first kappa shape index (κ1) is 25.6. The Morgan fingerprint density at radius 2 is 1.47 bits per heavy atom. The average Bonchev–Trinajstić information content (AvgIpc) is 2.79. The van der Waals surface area contributed by atoms with Crippen LogP contribution >= 0.6 is 0 Å². The molecule has 1 aliphatic heterocycles. The maximum atomic E-state index is 12.9. The van der Waals surface area contributed by atoms with Crippen LogP contribution in [0.1, 0.15) is 13.8 Å². The molecule has 1 atom stereocenters. The Bertz CT molecular complexity index is 889. The topological polar surface area (TPSA) is 94.2 Å². The Balaban J connectivity index is 0.000000520. The lowest BCUT2D eigenvalue weighted by molar-refractivity contribution is -0.142. The second kappa shape index (κ2) is 12.4. The predicted molar refractivity (Wildman–Crippen MR) is 123 cm³/mol. The van der Waals surface area contributed by atoms with E-state index < -0.39 is 15.6 Å². The largest absolute Gasteiger partial charge is 0.494 e. The van der Waals surface area contributed by atoms with Crippen LogP contribution < -0.4 is 14.2 Å². The van der Waals surface area contributed by atoms with E-state index in [9.17, 15) is 13.2 Å². The Labute approximate surface area is 190 Å². The van der Waals surface area contributed by atoms with Gasteiger partial charge in [-0.2, -0.15) is 4.72 Å². The highest BCUT2D eigenvalue weighted by atomic mass is 32.2. The fourth-order valence-electron chi connectivity index (χ4n) is 3.07. The normalized spacial score (nSPS) is 15.7. The molecule has 1 amide bonds. The molecule has 0 bridgehead atoms. The summed E-state index contributed by atoms with van der Waals surface area (Å²) in [6, 6.07) is 18.9. The van der Waals surface area contributed by atoms with Gasteiger partial charge in [-0.1, -0.05) is 36.4 Å². The van der Waals surface area contributed by atoms with Crippen molar-refractivity contribution in [2.24, 2.45) is 0 Å². The van der Waals surface area contributed by atoms with Crippen LogP contribution in [0.4, 0.5) is 0 Å². The highest BCUT2D eigenvalue weighted by molar-refractivity contribution is 7.88. The summed E-state index contributed by atoms with van der Waals surface area (Å²) in [6.45, 7) is 5.55. The van der Waals surface area contributed by atoms with Crippen LogP contribution in [0.3, 0.4) is 0 Å². The fraction of sp³-hybridized carbons (Fsp3) is 0.435. The van der Waals surface area contributed by atoms with Gasteiger partial charge in [0.25, 0.3) is 0 Å². The molecule has 1 fully saturated rings. The summed E-state index contributed by atoms with van der Waals surface area (Å²) in [7, 11) is -3.61. The minimum Gasteiger partial charge on any atom is -0.494 e. The number of benzene rings is 2. The zero-order chi connectivity index (χ0) is 23.5. The van der Waals surface area contributed by atoms with E-state index in [-0.39, 0.29) is 12.5 Å². The third-order valence-corrected chi connectivity index (χ3v) is 5.33. The molecular weight excluding hydrogens is 432 g/mol. The number of morpholine rings is 1. The second-order valence-corrected chi connectivity index (χ2v) is 9.21. The van der Waals surface area contributed by atoms with Crippen molar-refractivity contribution in [1.29, 1.82) is 0 Å². The lowest BCUT2D eigenvalue weighted by atomic mass is 10.0. The monoisotopic (exact) mass is 464 g/mol. The third-order valence-electron chi connectivity index (χ3n) is 4.51. The first-order valence-corrected chi connectivity index (χ1v) is 12.3. The number of carbonyl (C=O) groups is 1. The number of carbonyl (C=O) groups excluding carboxylic acids is 1. The molecule has 9 heteroatoms. The molecule has 1 N–H and O–H groups in total. The standard InChI is InChI=1S/C17H26N2O6S.C6H6/c1-4-24-14-5-7-15(8-6-14)25-13-17(2,18-26(3,21)22)16(20)19-9-11-23-12-10-19;1-2-4-6-5-3-1/h5-8,18H,4,9-13H2,1-3H3;1-6H. The van der Waals surface area contributed by atoms with Gasteiger partial charge in [-0.3, -0.25) is 4.79 Å². The summed E-state index contributed by atoms with van der Waals surface area (Å²) in [5.41, 5.74) is -1.41. The summed E-state index contributed by atoms with van der Waals surface area (Å²) >= 11 is 0. The van der Waals surface area contributed by atoms with Gasteiger partial charge in [-0.05, 0) is 38.1 Å². The number of nitrogens with one attached hydrogen (secondary N) is 1. The van der Waals surface area contributed by atoms with Crippen LogP contribution in [0.15, 0.2) is 60.7 Å². The van der Waals surface area contributed by atoms with Crippen molar-refractivity contribution < 1.29 is 27.4 Å². The number of ether oxygens (including phenoxy) is 3. The van der Waals surface area contributed by atoms with Crippen molar-refractivity contribution in [3.05, 3.63) is 60.7 Å². The molecule has 2 aromatic carbocycles. The molecule has 0 radical (unpaired) electrons. The number of sulfonamides is 1. The maximum absolute atomic E-state index is 12.9. The number of rotatable bonds is 8. The van der Waals surface area contributed by atoms with E-state index >= 15 is 0 Å². The van der Waals surface area contributed by atoms with Crippen molar-refractivity contribution in [2.45, 2.75) is 19.4 Å². The molecular formula is C23H32N2O6S. The number of hydrogen-bond donors (Lipinski definition) is 1. The lowest BCUT2D eigenvalue weighted by Gasteiger charge is -2.36. The number of hydrogen-bond acceptors (Lipinski definition) is 6. The minimum absolute atomic E-state index is 0.135. The Hall–Kier alpha value is -2.62. The van der Waals surface area contributed by atoms with Crippen molar-refractivity contribution in [3.8, 4) is 11.5 Å². The van der Waals surface area contributed by atoms with Crippen molar-refractivity contribution in [3.63, 3.8) is 0 Å². The molecule has 0 spiro atoms. The molecule has 1 heterocycles. The minimum atomic E-state index is -3.61. The first-order valence-electron chi connectivity index (χ1n) is 10.5. The molecule has 32 heavy (non-hydrogen) atoms. The van der Waals surface area contributed by atoms with E-state index in [2.05, 4.69) is 4.72 Å². The van der Waals surface area contributed by atoms with Crippen molar-refractivity contribution >= 4 is 15.9 Å². The van der Waals surface area contributed by atoms with Gasteiger partial charge in [-0.25, -0.2) is 8.42 Å². The number of nitrogens with zero attached hydrogens (tertiary/aromatic N) is 1. The van der Waals surface area contributed by atoms with E-state index in [1.165, 1.54) is 6.92 Å². The van der Waals surface area contributed by atoms with E-state index in [1.54, 1.807) is 29.2 Å². The van der Waals surface area contributed by atoms with E-state index in [0.29, 0.717) is 44.4 Å². The molecule has 1 unspecified atom stereocenters. The quantitative estimate of drug-likeness (QED) is 0.644. The van der Waals surface area contributed by atoms with Crippen LogP contribution in [0.2, 0.25) is 0 Å². The van der Waals surface area contributed by atoms with Crippen LogP contribution in [0, 0.1) is 0 Å². The van der Waals surface area contributed by atoms with Crippen molar-refractivity contribution in [1.82, 2.24) is 9.62 Å². The Kier molecular flexibility index (Phi) is 9.96. The van der Waals surface area contributed by atoms with Crippen molar-refractivity contribution in [2.75, 3.05) is 45.8 Å². The van der Waals surface area contributed by atoms with Gasteiger partial charge in [0, 0.05) is 13.1 Å². The highest BCUT2D eigenvalue weighted by Gasteiger charge is 2.40. The van der Waals surface area contributed by atoms with E-state index in [4.69, 9.17) is 14.2 Å². The van der Waals surface area contributed by atoms with Gasteiger partial charge in [0.2, 0.25) is 15.9 Å². The Morgan fingerprint density at radius 3 is 1.91 bits per heavy atom. The zero-order valence-electron chi connectivity index (χ0n) is 18.8. The molecule has 176 valence electrons. The summed E-state index contributed by atoms with van der Waals surface area (Å²) in [4.78, 5) is 14.5. The van der Waals surface area contributed by atoms with Crippen LogP contribution in [0.5, 0.6) is 11.5 Å². The van der Waals surface area contributed by atoms with E-state index in [0.717, 1.165) is 6.26 Å². The molecule has 1 saturated heterocycles. The van der Waals surface area contributed by atoms with Crippen LogP contribution in [-0.4, -0.2) is 70.5 Å². The molecule has 0 saturated carbocycles. The SMILES string of the molecule is CCOc1ccc(OCC(C)(NS(C)(=O)=O)C(=O)N2CCOCC2)cc1.c1ccccc1. The van der Waals surface area contributed by atoms with E-state index in [1.807, 2.05) is 43.3 Å². The molecule has 0 aromatic heterocycles. The van der Waals surface area contributed by atoms with Gasteiger partial charge in [-0.15, -0.1) is 0 Å². The summed E-state index contributed by atoms with van der Waals surface area (Å²) < 4.78 is 42.3. The fourth-order valence-corrected chi connectivity index (χ4v) is 4.04. The van der Waals surface area contributed by atoms with Gasteiger partial charge in [0.1, 0.15) is 23.6 Å². The third kappa shape index (κ3) is 8.86. The maximum Gasteiger partial charge on any atom is 0.247 e. The molecule has 3 rings (SSSR count). The summed E-state index contributed by atoms with van der Waals surface area (Å²) in [5.74, 6) is 0.892. The second-order valence-electron chi connectivity index (χ2n) is 7.46. The Morgan fingerprint density at radius 1 is 1.00 bits per heavy atom. The summed E-state index contributed by atoms with van der Waals surface area (Å²) in [6.07, 6.45) is 1.02. The molecule has 0 aliphatic carbocycles. The molecule has 1 aliphatic rings.